The lowest BCUT2D eigenvalue weighted by Gasteiger charge is -2.15. The van der Waals surface area contributed by atoms with Gasteiger partial charge >= 0.3 is 0 Å². The highest BCUT2D eigenvalue weighted by molar-refractivity contribution is 8.00. The van der Waals surface area contributed by atoms with E-state index in [2.05, 4.69) is 16.4 Å². The number of halogens is 1. The molecule has 0 unspecified atom stereocenters. The first-order valence-electron chi connectivity index (χ1n) is 8.25. The van der Waals surface area contributed by atoms with Gasteiger partial charge in [-0.15, -0.1) is 0 Å². The number of nitrogens with zero attached hydrogens (tertiary/aromatic N) is 2. The largest absolute Gasteiger partial charge is 0.495 e. The molecule has 1 aromatic heterocycles. The zero-order chi connectivity index (χ0) is 19.4. The fourth-order valence-corrected chi connectivity index (χ4v) is 3.75. The average molecular weight is 402 g/mol. The first-order valence-corrected chi connectivity index (χ1v) is 9.61. The Bertz CT molecular complexity index is 956. The number of ether oxygens (including phenoxy) is 1. The molecule has 0 spiro atoms. The lowest BCUT2D eigenvalue weighted by Crippen LogP contribution is -2.16. The summed E-state index contributed by atoms with van der Waals surface area (Å²) >= 11 is 7.12. The number of nitrogens with one attached hydrogen (secondary N) is 1. The predicted molar refractivity (Wildman–Crippen MR) is 104 cm³/mol. The smallest absolute Gasteiger partial charge is 0.234 e. The number of pyridine rings is 1. The molecule has 8 heteroatoms. The van der Waals surface area contributed by atoms with E-state index in [1.165, 1.54) is 7.11 Å². The van der Waals surface area contributed by atoms with Gasteiger partial charge in [-0.25, -0.2) is 4.98 Å². The number of anilines is 1. The predicted octanol–water partition coefficient (Wildman–Crippen LogP) is 3.87. The van der Waals surface area contributed by atoms with Crippen molar-refractivity contribution in [3.8, 4) is 11.8 Å². The number of ketones is 1. The number of amides is 1. The molecule has 0 atom stereocenters. The van der Waals surface area contributed by atoms with Crippen LogP contribution in [0.5, 0.6) is 5.75 Å². The summed E-state index contributed by atoms with van der Waals surface area (Å²) in [7, 11) is 1.51. The Balaban J connectivity index is 1.73. The van der Waals surface area contributed by atoms with Gasteiger partial charge in [0.05, 0.1) is 29.8 Å². The van der Waals surface area contributed by atoms with Gasteiger partial charge in [0.2, 0.25) is 5.91 Å². The molecular formula is C19H16ClN3O3S. The Kier molecular flexibility index (Phi) is 5.99. The highest BCUT2D eigenvalue weighted by atomic mass is 35.5. The highest BCUT2D eigenvalue weighted by Crippen LogP contribution is 2.29. The summed E-state index contributed by atoms with van der Waals surface area (Å²) in [5.41, 5.74) is 2.00. The number of nitriles is 1. The summed E-state index contributed by atoms with van der Waals surface area (Å²) in [6.45, 7) is 0. The summed E-state index contributed by atoms with van der Waals surface area (Å²) in [5, 5.41) is 13.0. The molecule has 1 amide bonds. The van der Waals surface area contributed by atoms with Crippen molar-refractivity contribution < 1.29 is 14.3 Å². The van der Waals surface area contributed by atoms with E-state index in [0.29, 0.717) is 51.1 Å². The van der Waals surface area contributed by atoms with Crippen LogP contribution in [0.3, 0.4) is 0 Å². The molecule has 1 heterocycles. The zero-order valence-corrected chi connectivity index (χ0v) is 16.1. The van der Waals surface area contributed by atoms with Crippen LogP contribution in [0.2, 0.25) is 5.02 Å². The van der Waals surface area contributed by atoms with E-state index in [9.17, 15) is 14.9 Å². The van der Waals surface area contributed by atoms with Crippen LogP contribution in [-0.4, -0.2) is 29.5 Å². The maximum absolute atomic E-state index is 12.3. The topological polar surface area (TPSA) is 92.1 Å². The quantitative estimate of drug-likeness (QED) is 0.764. The van der Waals surface area contributed by atoms with Crippen LogP contribution in [0.25, 0.3) is 0 Å². The number of thioether (sulfide) groups is 1. The second-order valence-electron chi connectivity index (χ2n) is 5.91. The van der Waals surface area contributed by atoms with Gasteiger partial charge in [-0.2, -0.15) is 5.26 Å². The van der Waals surface area contributed by atoms with E-state index in [1.54, 1.807) is 24.3 Å². The van der Waals surface area contributed by atoms with E-state index in [-0.39, 0.29) is 17.4 Å². The molecule has 1 aliphatic carbocycles. The SMILES string of the molecule is COc1ccc(Cl)cc1NC(=O)CSc1nc2c(cc1C#N)C(=O)CCC2. The van der Waals surface area contributed by atoms with E-state index >= 15 is 0 Å². The number of carbonyl (C=O) groups excluding carboxylic acids is 2. The summed E-state index contributed by atoms with van der Waals surface area (Å²) in [6.07, 6.45) is 1.94. The summed E-state index contributed by atoms with van der Waals surface area (Å²) < 4.78 is 5.21. The number of methoxy groups -OCH3 is 1. The van der Waals surface area contributed by atoms with E-state index < -0.39 is 0 Å². The van der Waals surface area contributed by atoms with Crippen LogP contribution >= 0.6 is 23.4 Å². The van der Waals surface area contributed by atoms with Gasteiger partial charge in [0, 0.05) is 17.0 Å². The third kappa shape index (κ3) is 4.41. The molecule has 0 bridgehead atoms. The fraction of sp³-hybridized carbons (Fsp3) is 0.263. The maximum Gasteiger partial charge on any atom is 0.234 e. The van der Waals surface area contributed by atoms with Crippen molar-refractivity contribution in [1.82, 2.24) is 4.98 Å². The molecule has 2 aromatic rings. The second-order valence-corrected chi connectivity index (χ2v) is 7.31. The van der Waals surface area contributed by atoms with Crippen molar-refractivity contribution >= 4 is 40.7 Å². The average Bonchev–Trinajstić information content (AvgIpc) is 2.66. The van der Waals surface area contributed by atoms with Crippen LogP contribution in [0.1, 0.15) is 34.5 Å². The van der Waals surface area contributed by atoms with Gasteiger partial charge in [0.25, 0.3) is 0 Å². The van der Waals surface area contributed by atoms with Crippen molar-refractivity contribution in [3.63, 3.8) is 0 Å². The first-order chi connectivity index (χ1) is 13.0. The first kappa shape index (κ1) is 19.2. The second kappa shape index (κ2) is 8.42. The Labute approximate surface area is 165 Å². The van der Waals surface area contributed by atoms with Crippen molar-refractivity contribution in [1.29, 1.82) is 5.26 Å². The Morgan fingerprint density at radius 1 is 1.41 bits per heavy atom. The lowest BCUT2D eigenvalue weighted by molar-refractivity contribution is -0.113. The number of hydrogen-bond donors (Lipinski definition) is 1. The molecule has 27 heavy (non-hydrogen) atoms. The monoisotopic (exact) mass is 401 g/mol. The number of carbonyl (C=O) groups is 2. The number of hydrogen-bond acceptors (Lipinski definition) is 6. The summed E-state index contributed by atoms with van der Waals surface area (Å²) in [6, 6.07) is 8.59. The number of benzene rings is 1. The molecule has 0 saturated carbocycles. The number of rotatable bonds is 5. The lowest BCUT2D eigenvalue weighted by atomic mass is 9.94. The summed E-state index contributed by atoms with van der Waals surface area (Å²) in [5.74, 6) is 0.299. The minimum absolute atomic E-state index is 0.0163. The highest BCUT2D eigenvalue weighted by Gasteiger charge is 2.21. The molecule has 1 aliphatic rings. The molecule has 138 valence electrons. The van der Waals surface area contributed by atoms with Crippen LogP contribution in [0.15, 0.2) is 29.3 Å². The molecule has 1 N–H and O–H groups in total. The van der Waals surface area contributed by atoms with Crippen molar-refractivity contribution in [3.05, 3.63) is 46.1 Å². The van der Waals surface area contributed by atoms with Crippen LogP contribution in [0.4, 0.5) is 5.69 Å². The van der Waals surface area contributed by atoms with Gasteiger partial charge in [0.15, 0.2) is 5.78 Å². The Morgan fingerprint density at radius 3 is 2.96 bits per heavy atom. The molecule has 0 radical (unpaired) electrons. The van der Waals surface area contributed by atoms with Gasteiger partial charge in [-0.05, 0) is 37.1 Å². The molecular weight excluding hydrogens is 386 g/mol. The Morgan fingerprint density at radius 2 is 2.22 bits per heavy atom. The van der Waals surface area contributed by atoms with Crippen molar-refractivity contribution in [2.24, 2.45) is 0 Å². The third-order valence-electron chi connectivity index (χ3n) is 4.08. The number of aromatic nitrogens is 1. The number of aryl methyl sites for hydroxylation is 1. The van der Waals surface area contributed by atoms with E-state index in [4.69, 9.17) is 16.3 Å². The molecule has 0 aliphatic heterocycles. The van der Waals surface area contributed by atoms with Gasteiger partial charge in [-0.1, -0.05) is 23.4 Å². The number of fused-ring (bicyclic) bond motifs is 1. The van der Waals surface area contributed by atoms with Crippen LogP contribution in [0, 0.1) is 11.3 Å². The van der Waals surface area contributed by atoms with Gasteiger partial charge < -0.3 is 10.1 Å². The van der Waals surface area contributed by atoms with Crippen LogP contribution < -0.4 is 10.1 Å². The van der Waals surface area contributed by atoms with Gasteiger partial charge in [-0.3, -0.25) is 9.59 Å². The maximum atomic E-state index is 12.3. The van der Waals surface area contributed by atoms with Crippen molar-refractivity contribution in [2.45, 2.75) is 24.3 Å². The van der Waals surface area contributed by atoms with E-state index in [0.717, 1.165) is 18.2 Å². The standard InChI is InChI=1S/C19H16ClN3O3S/c1-26-17-6-5-12(20)8-15(17)22-18(25)10-27-19-11(9-21)7-13-14(23-19)3-2-4-16(13)24/h5-8H,2-4,10H2,1H3,(H,22,25). The zero-order valence-electron chi connectivity index (χ0n) is 14.5. The number of Topliss-reactive ketones (excluding diaryl/α,β-unsaturated/α-hetero) is 1. The molecule has 0 saturated heterocycles. The normalized spacial score (nSPS) is 12.9. The molecule has 0 fully saturated rings. The van der Waals surface area contributed by atoms with E-state index in [1.807, 2.05) is 0 Å². The summed E-state index contributed by atoms with van der Waals surface area (Å²) in [4.78, 5) is 28.7. The molecule has 6 nitrogen and oxygen atoms in total. The van der Waals surface area contributed by atoms with Gasteiger partial charge in [0.1, 0.15) is 16.8 Å². The molecule has 1 aromatic carbocycles. The van der Waals surface area contributed by atoms with Crippen LogP contribution in [-0.2, 0) is 11.2 Å². The third-order valence-corrected chi connectivity index (χ3v) is 5.31. The minimum atomic E-state index is -0.278. The minimum Gasteiger partial charge on any atom is -0.495 e. The molecule has 3 rings (SSSR count). The van der Waals surface area contributed by atoms with Crippen molar-refractivity contribution in [2.75, 3.05) is 18.2 Å². The Hall–Kier alpha value is -2.56. The fourth-order valence-electron chi connectivity index (χ4n) is 2.80.